The highest BCUT2D eigenvalue weighted by Gasteiger charge is 2.33. The summed E-state index contributed by atoms with van der Waals surface area (Å²) in [5.74, 6) is 1.46. The van der Waals surface area contributed by atoms with E-state index >= 15 is 0 Å². The third kappa shape index (κ3) is 4.79. The third-order valence-electron chi connectivity index (χ3n) is 5.92. The molecule has 0 aliphatic carbocycles. The minimum atomic E-state index is -0.265. The van der Waals surface area contributed by atoms with Gasteiger partial charge in [-0.1, -0.05) is 17.4 Å². The Bertz CT molecular complexity index is 966. The molecule has 1 N–H and O–H groups in total. The maximum atomic E-state index is 12.9. The molecule has 2 amide bonds. The van der Waals surface area contributed by atoms with Gasteiger partial charge in [0, 0.05) is 26.1 Å². The van der Waals surface area contributed by atoms with E-state index in [-0.39, 0.29) is 17.9 Å². The highest BCUT2D eigenvalue weighted by atomic mass is 32.1. The first-order valence-corrected chi connectivity index (χ1v) is 11.8. The molecule has 4 rings (SSSR count). The highest BCUT2D eigenvalue weighted by Crippen LogP contribution is 2.33. The van der Waals surface area contributed by atoms with Gasteiger partial charge in [0.25, 0.3) is 0 Å². The number of hydrogen-bond acceptors (Lipinski definition) is 8. The number of nitrogens with zero attached hydrogens (tertiary/aromatic N) is 4. The van der Waals surface area contributed by atoms with Crippen LogP contribution in [0.1, 0.15) is 37.7 Å². The van der Waals surface area contributed by atoms with Crippen molar-refractivity contribution in [2.75, 3.05) is 43.7 Å². The molecule has 1 atom stereocenters. The summed E-state index contributed by atoms with van der Waals surface area (Å²) in [4.78, 5) is 28.8. The minimum absolute atomic E-state index is 0.00576. The predicted octanol–water partition coefficient (Wildman–Crippen LogP) is 2.40. The molecule has 0 radical (unpaired) electrons. The maximum Gasteiger partial charge on any atom is 0.242 e. The van der Waals surface area contributed by atoms with Gasteiger partial charge in [-0.3, -0.25) is 14.5 Å². The fraction of sp³-hybridized carbons (Fsp3) is 0.545. The Morgan fingerprint density at radius 2 is 1.94 bits per heavy atom. The molecule has 0 bridgehead atoms. The summed E-state index contributed by atoms with van der Waals surface area (Å²) in [6.45, 7) is 1.98. The van der Waals surface area contributed by atoms with Crippen molar-refractivity contribution in [3.8, 4) is 11.5 Å². The lowest BCUT2D eigenvalue weighted by Crippen LogP contribution is -2.44. The zero-order chi connectivity index (χ0) is 22.5. The predicted molar refractivity (Wildman–Crippen MR) is 123 cm³/mol. The van der Waals surface area contributed by atoms with E-state index in [0.717, 1.165) is 37.8 Å². The maximum absolute atomic E-state index is 12.9. The summed E-state index contributed by atoms with van der Waals surface area (Å²) in [5.41, 5.74) is 1.06. The standard InChI is InChI=1S/C22H29N5O4S/c1-30-17-9-8-15(14-18(17)31-2)10-11-23-20(29)16-6-5-13-26(16)21-24-25-22(32-21)27-12-4-3-7-19(27)28/h8-9,14,16H,3-7,10-13H2,1-2H3,(H,23,29)/t16-/m1/s1. The van der Waals surface area contributed by atoms with Gasteiger partial charge in [-0.25, -0.2) is 0 Å². The van der Waals surface area contributed by atoms with E-state index in [1.165, 1.54) is 11.3 Å². The normalized spacial score (nSPS) is 18.7. The van der Waals surface area contributed by atoms with E-state index < -0.39 is 0 Å². The fourth-order valence-electron chi connectivity index (χ4n) is 4.19. The summed E-state index contributed by atoms with van der Waals surface area (Å²) in [7, 11) is 3.22. The van der Waals surface area contributed by atoms with Gasteiger partial charge in [0.05, 0.1) is 14.2 Å². The number of amides is 2. The van der Waals surface area contributed by atoms with Crippen LogP contribution < -0.4 is 24.6 Å². The summed E-state index contributed by atoms with van der Waals surface area (Å²) in [6.07, 6.45) is 4.86. The van der Waals surface area contributed by atoms with Crippen molar-refractivity contribution in [2.24, 2.45) is 0 Å². The molecule has 2 aliphatic heterocycles. The van der Waals surface area contributed by atoms with Crippen LogP contribution in [0.15, 0.2) is 18.2 Å². The largest absolute Gasteiger partial charge is 0.493 e. The van der Waals surface area contributed by atoms with Crippen molar-refractivity contribution in [1.29, 1.82) is 0 Å². The lowest BCUT2D eigenvalue weighted by atomic mass is 10.1. The van der Waals surface area contributed by atoms with Gasteiger partial charge in [-0.2, -0.15) is 0 Å². The number of aromatic nitrogens is 2. The van der Waals surface area contributed by atoms with E-state index in [1.807, 2.05) is 23.1 Å². The van der Waals surface area contributed by atoms with E-state index in [0.29, 0.717) is 47.7 Å². The van der Waals surface area contributed by atoms with Crippen LogP contribution in [0.2, 0.25) is 0 Å². The first-order chi connectivity index (χ1) is 15.6. The molecule has 2 saturated heterocycles. The number of hydrogen-bond donors (Lipinski definition) is 1. The molecule has 172 valence electrons. The molecular weight excluding hydrogens is 430 g/mol. The van der Waals surface area contributed by atoms with Gasteiger partial charge >= 0.3 is 0 Å². The fourth-order valence-corrected chi connectivity index (χ4v) is 5.16. The van der Waals surface area contributed by atoms with Crippen LogP contribution in [-0.2, 0) is 16.0 Å². The monoisotopic (exact) mass is 459 g/mol. The van der Waals surface area contributed by atoms with Crippen LogP contribution in [0.25, 0.3) is 0 Å². The van der Waals surface area contributed by atoms with Gasteiger partial charge in [0.1, 0.15) is 6.04 Å². The molecule has 0 unspecified atom stereocenters. The Labute approximate surface area is 191 Å². The molecule has 2 aliphatic rings. The number of ether oxygens (including phenoxy) is 2. The number of carbonyl (C=O) groups is 2. The zero-order valence-corrected chi connectivity index (χ0v) is 19.3. The Hall–Kier alpha value is -2.88. The number of benzene rings is 1. The molecule has 1 aromatic carbocycles. The number of anilines is 2. The molecular formula is C22H29N5O4S. The van der Waals surface area contributed by atoms with Crippen molar-refractivity contribution in [1.82, 2.24) is 15.5 Å². The second-order valence-electron chi connectivity index (χ2n) is 7.95. The van der Waals surface area contributed by atoms with Crippen molar-refractivity contribution < 1.29 is 19.1 Å². The quantitative estimate of drug-likeness (QED) is 0.647. The van der Waals surface area contributed by atoms with Crippen LogP contribution in [0, 0.1) is 0 Å². The van der Waals surface area contributed by atoms with Gasteiger partial charge in [-0.15, -0.1) is 10.2 Å². The molecule has 0 spiro atoms. The van der Waals surface area contributed by atoms with E-state index in [1.54, 1.807) is 19.1 Å². The Balaban J connectivity index is 1.34. The first kappa shape index (κ1) is 22.3. The summed E-state index contributed by atoms with van der Waals surface area (Å²) >= 11 is 1.39. The summed E-state index contributed by atoms with van der Waals surface area (Å²) < 4.78 is 10.6. The third-order valence-corrected chi connectivity index (χ3v) is 6.90. The van der Waals surface area contributed by atoms with Crippen LogP contribution in [0.4, 0.5) is 10.3 Å². The summed E-state index contributed by atoms with van der Waals surface area (Å²) in [6, 6.07) is 5.50. The highest BCUT2D eigenvalue weighted by molar-refractivity contribution is 7.19. The van der Waals surface area contributed by atoms with Crippen molar-refractivity contribution in [3.63, 3.8) is 0 Å². The van der Waals surface area contributed by atoms with Gasteiger partial charge in [0.15, 0.2) is 11.5 Å². The molecule has 1 aromatic heterocycles. The average molecular weight is 460 g/mol. The van der Waals surface area contributed by atoms with Crippen molar-refractivity contribution in [2.45, 2.75) is 44.6 Å². The molecule has 2 aromatic rings. The van der Waals surface area contributed by atoms with Gasteiger partial charge in [0.2, 0.25) is 22.1 Å². The zero-order valence-electron chi connectivity index (χ0n) is 18.5. The van der Waals surface area contributed by atoms with Gasteiger partial charge < -0.3 is 19.7 Å². The molecule has 9 nitrogen and oxygen atoms in total. The SMILES string of the molecule is COc1ccc(CCNC(=O)[C@H]2CCCN2c2nnc(N3CCCCC3=O)s2)cc1OC. The summed E-state index contributed by atoms with van der Waals surface area (Å²) in [5, 5.41) is 12.9. The molecule has 3 heterocycles. The number of methoxy groups -OCH3 is 2. The van der Waals surface area contributed by atoms with Crippen molar-refractivity contribution in [3.05, 3.63) is 23.8 Å². The van der Waals surface area contributed by atoms with E-state index in [9.17, 15) is 9.59 Å². The van der Waals surface area contributed by atoms with Crippen LogP contribution in [-0.4, -0.2) is 61.9 Å². The number of nitrogens with one attached hydrogen (secondary N) is 1. The molecule has 0 saturated carbocycles. The second-order valence-corrected chi connectivity index (χ2v) is 8.89. The van der Waals surface area contributed by atoms with Crippen molar-refractivity contribution >= 4 is 33.4 Å². The molecule has 2 fully saturated rings. The second kappa shape index (κ2) is 10.2. The van der Waals surface area contributed by atoms with E-state index in [4.69, 9.17) is 9.47 Å². The lowest BCUT2D eigenvalue weighted by molar-refractivity contribution is -0.122. The van der Waals surface area contributed by atoms with E-state index in [2.05, 4.69) is 15.5 Å². The molecule has 32 heavy (non-hydrogen) atoms. The van der Waals surface area contributed by atoms with Crippen LogP contribution in [0.3, 0.4) is 0 Å². The van der Waals surface area contributed by atoms with Crippen LogP contribution >= 0.6 is 11.3 Å². The average Bonchev–Trinajstić information content (AvgIpc) is 3.49. The molecule has 10 heteroatoms. The minimum Gasteiger partial charge on any atom is -0.493 e. The Morgan fingerprint density at radius 1 is 1.12 bits per heavy atom. The lowest BCUT2D eigenvalue weighted by Gasteiger charge is -2.24. The van der Waals surface area contributed by atoms with Gasteiger partial charge in [-0.05, 0) is 49.8 Å². The first-order valence-electron chi connectivity index (χ1n) is 11.0. The number of piperidine rings is 1. The van der Waals surface area contributed by atoms with Crippen LogP contribution in [0.5, 0.6) is 11.5 Å². The smallest absolute Gasteiger partial charge is 0.242 e. The topological polar surface area (TPSA) is 96.9 Å². The number of carbonyl (C=O) groups excluding carboxylic acids is 2. The Kier molecular flexibility index (Phi) is 7.09. The number of rotatable bonds is 8. The Morgan fingerprint density at radius 3 is 2.72 bits per heavy atom.